The van der Waals surface area contributed by atoms with E-state index in [1.54, 1.807) is 22.2 Å². The highest BCUT2D eigenvalue weighted by Gasteiger charge is 2.44. The van der Waals surface area contributed by atoms with E-state index in [0.29, 0.717) is 25.8 Å². The predicted octanol–water partition coefficient (Wildman–Crippen LogP) is 3.32. The molecule has 2 rings (SSSR count). The molecule has 336 valence electrons. The Hall–Kier alpha value is -3.81. The zero-order chi connectivity index (χ0) is 45.2. The minimum atomic E-state index is -5.07. The Morgan fingerprint density at radius 1 is 0.915 bits per heavy atom. The number of amides is 5. The molecule has 1 aliphatic heterocycles. The van der Waals surface area contributed by atoms with Crippen LogP contribution in [0.3, 0.4) is 0 Å². The minimum Gasteiger partial charge on any atom is -0.379 e. The van der Waals surface area contributed by atoms with Crippen molar-refractivity contribution in [3.05, 3.63) is 29.8 Å². The molecule has 59 heavy (non-hydrogen) atoms. The topological polar surface area (TPSA) is 184 Å². The van der Waals surface area contributed by atoms with E-state index in [2.05, 4.69) is 5.32 Å². The van der Waals surface area contributed by atoms with Gasteiger partial charge in [-0.1, -0.05) is 67.0 Å². The highest BCUT2D eigenvalue weighted by Crippen LogP contribution is 2.30. The molecule has 1 aromatic rings. The molecule has 0 saturated carbocycles. The molecule has 1 heterocycles. The lowest BCUT2D eigenvalue weighted by Crippen LogP contribution is -2.59. The molecule has 0 unspecified atom stereocenters. The summed E-state index contributed by atoms with van der Waals surface area (Å²) in [6.45, 7) is 12.9. The van der Waals surface area contributed by atoms with Crippen molar-refractivity contribution in [1.82, 2.24) is 30.1 Å². The SMILES string of the molecule is CC[C@H](C)[C@@H]([C@@H](CC(=O)N1CCC[C@H]1[C@H](OC)[C@@H](C)C(=O)NS(=O)(=O)c1ccc(CNC(=O)C(F)(F)F)cc1)OC)N(C)C(=O)[C@@H](NC(=O)[C@H](C(C)C)N(C)C)C(C)C. The first kappa shape index (κ1) is 51.3. The van der Waals surface area contributed by atoms with E-state index < -0.39 is 76.9 Å². The summed E-state index contributed by atoms with van der Waals surface area (Å²) >= 11 is 0. The lowest BCUT2D eigenvalue weighted by atomic mass is 9.89. The molecule has 3 N–H and O–H groups in total. The van der Waals surface area contributed by atoms with Crippen LogP contribution in [0.2, 0.25) is 0 Å². The van der Waals surface area contributed by atoms with Gasteiger partial charge in [-0.05, 0) is 62.4 Å². The van der Waals surface area contributed by atoms with Crippen molar-refractivity contribution < 1.29 is 55.0 Å². The fraction of sp³-hybridized carbons (Fsp3) is 0.725. The number of nitrogens with one attached hydrogen (secondary N) is 3. The van der Waals surface area contributed by atoms with Crippen LogP contribution >= 0.6 is 0 Å². The summed E-state index contributed by atoms with van der Waals surface area (Å²) in [4.78, 5) is 71.0. The van der Waals surface area contributed by atoms with Crippen LogP contribution in [0.15, 0.2) is 29.2 Å². The number of likely N-dealkylation sites (tertiary alicyclic amines) is 1. The predicted molar refractivity (Wildman–Crippen MR) is 215 cm³/mol. The number of hydrogen-bond acceptors (Lipinski definition) is 10. The molecule has 0 bridgehead atoms. The number of carbonyl (C=O) groups excluding carboxylic acids is 5. The number of rotatable bonds is 21. The zero-order valence-electron chi connectivity index (χ0n) is 36.4. The van der Waals surface area contributed by atoms with Gasteiger partial charge < -0.3 is 29.9 Å². The van der Waals surface area contributed by atoms with E-state index in [0.717, 1.165) is 12.1 Å². The van der Waals surface area contributed by atoms with Crippen LogP contribution in [0.5, 0.6) is 0 Å². The van der Waals surface area contributed by atoms with Crippen LogP contribution in [-0.2, 0) is 50.0 Å². The summed E-state index contributed by atoms with van der Waals surface area (Å²) in [5.41, 5.74) is 0.194. The van der Waals surface area contributed by atoms with Gasteiger partial charge in [-0.2, -0.15) is 13.2 Å². The van der Waals surface area contributed by atoms with Crippen molar-refractivity contribution in [3.8, 4) is 0 Å². The molecule has 1 fully saturated rings. The number of nitrogens with zero attached hydrogens (tertiary/aromatic N) is 3. The number of benzene rings is 1. The quantitative estimate of drug-likeness (QED) is 0.166. The van der Waals surface area contributed by atoms with Crippen LogP contribution in [0, 0.1) is 23.7 Å². The van der Waals surface area contributed by atoms with Crippen molar-refractivity contribution >= 4 is 39.6 Å². The van der Waals surface area contributed by atoms with Gasteiger partial charge in [0.15, 0.2) is 0 Å². The monoisotopic (exact) mass is 862 g/mol. The van der Waals surface area contributed by atoms with E-state index in [1.165, 1.54) is 33.3 Å². The average Bonchev–Trinajstić information content (AvgIpc) is 3.64. The Balaban J connectivity index is 2.25. The Bertz CT molecular complexity index is 1690. The second-order valence-corrected chi connectivity index (χ2v) is 17.9. The zero-order valence-corrected chi connectivity index (χ0v) is 37.2. The first-order valence-electron chi connectivity index (χ1n) is 19.9. The Kier molecular flexibility index (Phi) is 19.3. The fourth-order valence-corrected chi connectivity index (χ4v) is 8.83. The second-order valence-electron chi connectivity index (χ2n) is 16.3. The number of alkyl halides is 3. The number of sulfonamides is 1. The standard InChI is InChI=1S/C40H65F3N6O9S/c1-13-25(6)34(48(10)38(53)32(23(2)3)45-37(52)33(24(4)5)47(8)9)30(57-11)21-31(50)49-20-14-15-29(49)35(58-12)26(7)36(51)46-59(55,56)28-18-16-27(17-19-28)22-44-39(54)40(41,42)43/h16-19,23-26,29-30,32-35H,13-15,20-22H2,1-12H3,(H,44,54)(H,45,52)(H,46,51)/t25-,26+,29-,30+,32-,33-,34-,35+/m0/s1. The van der Waals surface area contributed by atoms with Gasteiger partial charge in [0.05, 0.1) is 47.6 Å². The van der Waals surface area contributed by atoms with Crippen LogP contribution in [0.25, 0.3) is 0 Å². The number of halogens is 3. The van der Waals surface area contributed by atoms with Crippen LogP contribution in [-0.4, -0.2) is 137 Å². The molecule has 1 saturated heterocycles. The Morgan fingerprint density at radius 2 is 1.51 bits per heavy atom. The smallest absolute Gasteiger partial charge is 0.379 e. The molecule has 0 aromatic heterocycles. The Morgan fingerprint density at radius 3 is 1.98 bits per heavy atom. The van der Waals surface area contributed by atoms with E-state index in [1.807, 2.05) is 65.3 Å². The molecule has 8 atom stereocenters. The fourth-order valence-electron chi connectivity index (χ4n) is 7.76. The number of hydrogen-bond donors (Lipinski definition) is 3. The molecule has 1 aromatic carbocycles. The first-order chi connectivity index (χ1) is 27.3. The van der Waals surface area contributed by atoms with Gasteiger partial charge >= 0.3 is 12.1 Å². The number of ether oxygens (including phenoxy) is 2. The summed E-state index contributed by atoms with van der Waals surface area (Å²) in [6.07, 6.45) is -5.15. The molecule has 1 aliphatic rings. The Labute approximate surface area is 347 Å². The molecule has 19 heteroatoms. The van der Waals surface area contributed by atoms with Crippen molar-refractivity contribution in [2.75, 3.05) is 41.9 Å². The number of methoxy groups -OCH3 is 2. The molecule has 0 aliphatic carbocycles. The maximum Gasteiger partial charge on any atom is 0.471 e. The molecule has 5 amide bonds. The van der Waals surface area contributed by atoms with Crippen LogP contribution < -0.4 is 15.4 Å². The lowest BCUT2D eigenvalue weighted by molar-refractivity contribution is -0.173. The highest BCUT2D eigenvalue weighted by molar-refractivity contribution is 7.90. The largest absolute Gasteiger partial charge is 0.471 e. The van der Waals surface area contributed by atoms with Crippen molar-refractivity contribution in [2.45, 2.75) is 128 Å². The summed E-state index contributed by atoms with van der Waals surface area (Å²) < 4.78 is 77.6. The van der Waals surface area contributed by atoms with Crippen LogP contribution in [0.4, 0.5) is 13.2 Å². The van der Waals surface area contributed by atoms with E-state index in [-0.39, 0.29) is 52.4 Å². The maximum atomic E-state index is 14.2. The van der Waals surface area contributed by atoms with Gasteiger partial charge in [-0.3, -0.25) is 28.9 Å². The number of carbonyl (C=O) groups is 5. The van der Waals surface area contributed by atoms with Crippen molar-refractivity contribution in [3.63, 3.8) is 0 Å². The third kappa shape index (κ3) is 13.6. The lowest BCUT2D eigenvalue weighted by Gasteiger charge is -2.41. The first-order valence-corrected chi connectivity index (χ1v) is 21.4. The van der Waals surface area contributed by atoms with E-state index in [9.17, 15) is 45.6 Å². The van der Waals surface area contributed by atoms with Gasteiger partial charge in [-0.25, -0.2) is 13.1 Å². The van der Waals surface area contributed by atoms with Crippen molar-refractivity contribution in [1.29, 1.82) is 0 Å². The molecular weight excluding hydrogens is 798 g/mol. The number of likely N-dealkylation sites (N-methyl/N-ethyl adjacent to an activating group) is 2. The maximum absolute atomic E-state index is 14.2. The van der Waals surface area contributed by atoms with Gasteiger partial charge in [0.1, 0.15) is 6.04 Å². The third-order valence-corrected chi connectivity index (χ3v) is 12.5. The normalized spacial score (nSPS) is 18.5. The summed E-state index contributed by atoms with van der Waals surface area (Å²) in [7, 11) is 3.69. The molecular formula is C40H65F3N6O9S. The van der Waals surface area contributed by atoms with Crippen molar-refractivity contribution in [2.24, 2.45) is 23.7 Å². The van der Waals surface area contributed by atoms with Gasteiger partial charge in [0, 0.05) is 34.4 Å². The summed E-state index contributed by atoms with van der Waals surface area (Å²) in [6, 6.07) is 2.15. The molecule has 0 radical (unpaired) electrons. The highest BCUT2D eigenvalue weighted by atomic mass is 32.2. The van der Waals surface area contributed by atoms with Crippen LogP contribution in [0.1, 0.15) is 79.7 Å². The van der Waals surface area contributed by atoms with Gasteiger partial charge in [-0.15, -0.1) is 0 Å². The summed E-state index contributed by atoms with van der Waals surface area (Å²) in [5.74, 6) is -5.35. The van der Waals surface area contributed by atoms with E-state index >= 15 is 0 Å². The van der Waals surface area contributed by atoms with E-state index in [4.69, 9.17) is 9.47 Å². The summed E-state index contributed by atoms with van der Waals surface area (Å²) in [5, 5.41) is 4.68. The minimum absolute atomic E-state index is 0.00621. The van der Waals surface area contributed by atoms with Gasteiger partial charge in [0.2, 0.25) is 23.6 Å². The second kappa shape index (κ2) is 22.2. The van der Waals surface area contributed by atoms with Gasteiger partial charge in [0.25, 0.3) is 10.0 Å². The molecule has 15 nitrogen and oxygen atoms in total. The average molecular weight is 863 g/mol. The third-order valence-electron chi connectivity index (χ3n) is 11.1. The molecule has 0 spiro atoms.